The van der Waals surface area contributed by atoms with E-state index in [1.54, 1.807) is 11.8 Å². The maximum atomic E-state index is 11.6. The highest BCUT2D eigenvalue weighted by atomic mass is 16.2. The molecule has 0 aromatic heterocycles. The molecule has 1 aliphatic heterocycles. The lowest BCUT2D eigenvalue weighted by atomic mass is 10.1. The lowest BCUT2D eigenvalue weighted by Crippen LogP contribution is -2.47. The average Bonchev–Trinajstić information content (AvgIpc) is 2.14. The van der Waals surface area contributed by atoms with Crippen molar-refractivity contribution in [3.63, 3.8) is 0 Å². The van der Waals surface area contributed by atoms with Gasteiger partial charge in [-0.2, -0.15) is 0 Å². The Morgan fingerprint density at radius 1 is 1.23 bits per heavy atom. The Balaban J connectivity index is 3.01. The van der Waals surface area contributed by atoms with Gasteiger partial charge in [-0.3, -0.25) is 9.69 Å². The zero-order valence-corrected chi connectivity index (χ0v) is 8.79. The Morgan fingerprint density at radius 3 is 1.85 bits per heavy atom. The van der Waals surface area contributed by atoms with E-state index in [0.717, 1.165) is 0 Å². The second-order valence-corrected chi connectivity index (χ2v) is 4.40. The summed E-state index contributed by atoms with van der Waals surface area (Å²) in [6.45, 7) is 7.53. The van der Waals surface area contributed by atoms with Gasteiger partial charge >= 0.3 is 6.03 Å². The van der Waals surface area contributed by atoms with Crippen LogP contribution in [0.5, 0.6) is 0 Å². The molecule has 0 aliphatic carbocycles. The predicted molar refractivity (Wildman–Crippen MR) is 49.2 cm³/mol. The summed E-state index contributed by atoms with van der Waals surface area (Å²) in [5, 5.41) is 0. The van der Waals surface area contributed by atoms with Crippen molar-refractivity contribution in [3.8, 4) is 0 Å². The van der Waals surface area contributed by atoms with Crippen LogP contribution in [0, 0.1) is 0 Å². The third-order valence-electron chi connectivity index (χ3n) is 2.29. The van der Waals surface area contributed by atoms with E-state index in [1.165, 1.54) is 11.9 Å². The second-order valence-electron chi connectivity index (χ2n) is 4.40. The smallest absolute Gasteiger partial charge is 0.308 e. The molecule has 0 N–H and O–H groups in total. The Labute approximate surface area is 78.5 Å². The van der Waals surface area contributed by atoms with Gasteiger partial charge in [-0.1, -0.05) is 0 Å². The van der Waals surface area contributed by atoms with Gasteiger partial charge in [-0.05, 0) is 27.7 Å². The number of amides is 3. The van der Waals surface area contributed by atoms with E-state index in [0.29, 0.717) is 0 Å². The number of carbonyl (C=O) groups excluding carboxylic acids is 2. The van der Waals surface area contributed by atoms with Crippen molar-refractivity contribution in [2.24, 2.45) is 0 Å². The summed E-state index contributed by atoms with van der Waals surface area (Å²) < 4.78 is 0. The lowest BCUT2D eigenvalue weighted by Gasteiger charge is -2.33. The summed E-state index contributed by atoms with van der Waals surface area (Å²) in [4.78, 5) is 25.8. The highest BCUT2D eigenvalue weighted by molar-refractivity contribution is 6.03. The van der Waals surface area contributed by atoms with Crippen molar-refractivity contribution in [2.75, 3.05) is 7.05 Å². The molecule has 0 radical (unpaired) electrons. The normalized spacial score (nSPS) is 24.5. The van der Waals surface area contributed by atoms with E-state index in [1.807, 2.05) is 20.8 Å². The van der Waals surface area contributed by atoms with Crippen LogP contribution in [0.3, 0.4) is 0 Å². The van der Waals surface area contributed by atoms with Gasteiger partial charge < -0.3 is 4.90 Å². The fourth-order valence-corrected chi connectivity index (χ4v) is 1.68. The van der Waals surface area contributed by atoms with Gasteiger partial charge in [-0.25, -0.2) is 4.79 Å². The largest absolute Gasteiger partial charge is 0.327 e. The second kappa shape index (κ2) is 2.72. The molecule has 1 rings (SSSR count). The zero-order valence-electron chi connectivity index (χ0n) is 8.79. The van der Waals surface area contributed by atoms with Crippen LogP contribution >= 0.6 is 0 Å². The summed E-state index contributed by atoms with van der Waals surface area (Å²) in [6, 6.07) is -0.539. The lowest BCUT2D eigenvalue weighted by molar-refractivity contribution is -0.127. The Bertz CT molecular complexity index is 255. The summed E-state index contributed by atoms with van der Waals surface area (Å²) in [6.07, 6.45) is 0. The van der Waals surface area contributed by atoms with Crippen LogP contribution in [-0.4, -0.2) is 40.4 Å². The third-order valence-corrected chi connectivity index (χ3v) is 2.29. The van der Waals surface area contributed by atoms with Crippen molar-refractivity contribution in [1.82, 2.24) is 9.80 Å². The molecule has 0 unspecified atom stereocenters. The van der Waals surface area contributed by atoms with Crippen molar-refractivity contribution >= 4 is 11.9 Å². The van der Waals surface area contributed by atoms with E-state index < -0.39 is 0 Å². The highest BCUT2D eigenvalue weighted by Gasteiger charge is 2.45. The van der Waals surface area contributed by atoms with Gasteiger partial charge in [0.1, 0.15) is 6.04 Å². The molecule has 1 atom stereocenters. The van der Waals surface area contributed by atoms with Gasteiger partial charge in [0.05, 0.1) is 0 Å². The third kappa shape index (κ3) is 1.41. The summed E-state index contributed by atoms with van der Waals surface area (Å²) >= 11 is 0. The number of rotatable bonds is 0. The summed E-state index contributed by atoms with van der Waals surface area (Å²) in [5.41, 5.74) is -0.295. The Morgan fingerprint density at radius 2 is 1.69 bits per heavy atom. The first-order chi connectivity index (χ1) is 5.76. The van der Waals surface area contributed by atoms with E-state index in [-0.39, 0.29) is 23.5 Å². The molecular formula is C9H16N2O2. The topological polar surface area (TPSA) is 40.6 Å². The van der Waals surface area contributed by atoms with Crippen LogP contribution in [-0.2, 0) is 4.79 Å². The SMILES string of the molecule is C[C@@H]1C(=O)N(C)C(=O)N1C(C)(C)C. The number of hydrogen-bond acceptors (Lipinski definition) is 2. The molecule has 74 valence electrons. The van der Waals surface area contributed by atoms with Crippen LogP contribution in [0.1, 0.15) is 27.7 Å². The molecule has 0 spiro atoms. The molecule has 1 saturated heterocycles. The van der Waals surface area contributed by atoms with Crippen LogP contribution < -0.4 is 0 Å². The van der Waals surface area contributed by atoms with Gasteiger partial charge in [0, 0.05) is 12.6 Å². The predicted octanol–water partition coefficient (Wildman–Crippen LogP) is 1.07. The van der Waals surface area contributed by atoms with Crippen LogP contribution in [0.4, 0.5) is 4.79 Å². The molecule has 4 nitrogen and oxygen atoms in total. The number of imide groups is 1. The molecule has 13 heavy (non-hydrogen) atoms. The summed E-state index contributed by atoms with van der Waals surface area (Å²) in [7, 11) is 1.52. The van der Waals surface area contributed by atoms with Crippen molar-refractivity contribution < 1.29 is 9.59 Å². The maximum absolute atomic E-state index is 11.6. The standard InChI is InChI=1S/C9H16N2O2/c1-6-7(12)10(5)8(13)11(6)9(2,3)4/h6H,1-5H3/t6-/m1/s1. The van der Waals surface area contributed by atoms with Crippen molar-refractivity contribution in [3.05, 3.63) is 0 Å². The van der Waals surface area contributed by atoms with Gasteiger partial charge in [0.25, 0.3) is 5.91 Å². The zero-order chi connectivity index (χ0) is 10.4. The Kier molecular flexibility index (Phi) is 2.10. The molecule has 4 heteroatoms. The fourth-order valence-electron chi connectivity index (χ4n) is 1.68. The molecule has 1 aliphatic rings. The van der Waals surface area contributed by atoms with Crippen molar-refractivity contribution in [1.29, 1.82) is 0 Å². The summed E-state index contributed by atoms with van der Waals surface area (Å²) in [5.74, 6) is -0.125. The molecular weight excluding hydrogens is 168 g/mol. The Hall–Kier alpha value is -1.06. The van der Waals surface area contributed by atoms with E-state index in [9.17, 15) is 9.59 Å². The molecule has 0 bridgehead atoms. The first kappa shape index (κ1) is 10.0. The number of carbonyl (C=O) groups is 2. The number of nitrogens with zero attached hydrogens (tertiary/aromatic N) is 2. The highest BCUT2D eigenvalue weighted by Crippen LogP contribution is 2.25. The molecule has 0 aromatic rings. The average molecular weight is 184 g/mol. The van der Waals surface area contributed by atoms with Gasteiger partial charge in [0.15, 0.2) is 0 Å². The molecule has 3 amide bonds. The molecule has 1 fully saturated rings. The van der Waals surface area contributed by atoms with E-state index in [2.05, 4.69) is 0 Å². The fraction of sp³-hybridized carbons (Fsp3) is 0.778. The molecule has 1 heterocycles. The van der Waals surface area contributed by atoms with E-state index in [4.69, 9.17) is 0 Å². The van der Waals surface area contributed by atoms with Crippen LogP contribution in [0.2, 0.25) is 0 Å². The minimum absolute atomic E-state index is 0.125. The molecule has 0 aromatic carbocycles. The van der Waals surface area contributed by atoms with E-state index >= 15 is 0 Å². The minimum atomic E-state index is -0.336. The number of urea groups is 1. The monoisotopic (exact) mass is 184 g/mol. The number of hydrogen-bond donors (Lipinski definition) is 0. The quantitative estimate of drug-likeness (QED) is 0.528. The first-order valence-electron chi connectivity index (χ1n) is 4.37. The maximum Gasteiger partial charge on any atom is 0.327 e. The van der Waals surface area contributed by atoms with Crippen LogP contribution in [0.15, 0.2) is 0 Å². The molecule has 0 saturated carbocycles. The number of likely N-dealkylation sites (N-methyl/N-ethyl adjacent to an activating group) is 1. The minimum Gasteiger partial charge on any atom is -0.308 e. The van der Waals surface area contributed by atoms with Crippen LogP contribution in [0.25, 0.3) is 0 Å². The first-order valence-corrected chi connectivity index (χ1v) is 4.37. The van der Waals surface area contributed by atoms with Gasteiger partial charge in [0.2, 0.25) is 0 Å². The van der Waals surface area contributed by atoms with Crippen molar-refractivity contribution in [2.45, 2.75) is 39.3 Å². The van der Waals surface area contributed by atoms with Gasteiger partial charge in [-0.15, -0.1) is 0 Å².